The number of hydrogen-bond acceptors (Lipinski definition) is 3. The van der Waals surface area contributed by atoms with Gasteiger partial charge in [0.2, 0.25) is 0 Å². The first-order valence-electron chi connectivity index (χ1n) is 4.30. The second kappa shape index (κ2) is 4.88. The summed E-state index contributed by atoms with van der Waals surface area (Å²) in [6.45, 7) is 0. The maximum Gasteiger partial charge on any atom is 0.377 e. The number of carbonyl (C=O) groups excluding carboxylic acids is 1. The quantitative estimate of drug-likeness (QED) is 0.339. The van der Waals surface area contributed by atoms with Crippen LogP contribution in [0.3, 0.4) is 0 Å². The molecule has 0 saturated heterocycles. The lowest BCUT2D eigenvalue weighted by Crippen LogP contribution is -2.20. The van der Waals surface area contributed by atoms with Crippen LogP contribution in [0.25, 0.3) is 6.08 Å². The van der Waals surface area contributed by atoms with Crippen LogP contribution in [0.4, 0.5) is 0 Å². The molecule has 1 aromatic rings. The smallest absolute Gasteiger partial charge is 0.377 e. The van der Waals surface area contributed by atoms with Crippen LogP contribution in [0.5, 0.6) is 0 Å². The molecule has 2 N–H and O–H groups in total. The molecule has 0 amide bonds. The fraction of sp³-hybridized carbons (Fsp3) is 0. The second-order valence-electron chi connectivity index (χ2n) is 2.91. The fourth-order valence-electron chi connectivity index (χ4n) is 1.06. The highest BCUT2D eigenvalue weighted by atomic mass is 16.4. The Hall–Kier alpha value is -2.43. The van der Waals surface area contributed by atoms with Crippen molar-refractivity contribution in [3.63, 3.8) is 0 Å². The van der Waals surface area contributed by atoms with Gasteiger partial charge in [0.05, 0.1) is 0 Å². The number of hydrogen-bond donors (Lipinski definition) is 2. The number of carbonyl (C=O) groups is 3. The summed E-state index contributed by atoms with van der Waals surface area (Å²) in [7, 11) is 0. The van der Waals surface area contributed by atoms with Crippen molar-refractivity contribution in [2.75, 3.05) is 0 Å². The van der Waals surface area contributed by atoms with Gasteiger partial charge >= 0.3 is 11.9 Å². The van der Waals surface area contributed by atoms with Crippen molar-refractivity contribution in [3.8, 4) is 0 Å². The second-order valence-corrected chi connectivity index (χ2v) is 2.91. The van der Waals surface area contributed by atoms with Gasteiger partial charge in [0.25, 0.3) is 5.78 Å². The summed E-state index contributed by atoms with van der Waals surface area (Å²) in [5, 5.41) is 17.1. The minimum Gasteiger partial charge on any atom is -0.478 e. The first kappa shape index (κ1) is 11.6. The molecule has 0 heterocycles. The predicted molar refractivity (Wildman–Crippen MR) is 54.7 cm³/mol. The van der Waals surface area contributed by atoms with Crippen molar-refractivity contribution in [1.82, 2.24) is 0 Å². The normalized spacial score (nSPS) is 10.9. The molecule has 0 saturated carbocycles. The lowest BCUT2D eigenvalue weighted by atomic mass is 10.1. The van der Waals surface area contributed by atoms with Gasteiger partial charge in [0.15, 0.2) is 0 Å². The Labute approximate surface area is 90.6 Å². The van der Waals surface area contributed by atoms with Crippen molar-refractivity contribution in [3.05, 3.63) is 41.5 Å². The molecule has 0 unspecified atom stereocenters. The molecule has 0 aliphatic carbocycles. The van der Waals surface area contributed by atoms with Crippen LogP contribution in [-0.2, 0) is 14.4 Å². The van der Waals surface area contributed by atoms with E-state index in [1.54, 1.807) is 30.3 Å². The Morgan fingerprint density at radius 3 is 1.94 bits per heavy atom. The largest absolute Gasteiger partial charge is 0.478 e. The van der Waals surface area contributed by atoms with E-state index in [-0.39, 0.29) is 0 Å². The van der Waals surface area contributed by atoms with Crippen molar-refractivity contribution >= 4 is 23.8 Å². The van der Waals surface area contributed by atoms with E-state index in [9.17, 15) is 14.4 Å². The number of rotatable bonds is 4. The van der Waals surface area contributed by atoms with E-state index in [1.807, 2.05) is 0 Å². The van der Waals surface area contributed by atoms with E-state index in [2.05, 4.69) is 0 Å². The molecule has 82 valence electrons. The fourth-order valence-corrected chi connectivity index (χ4v) is 1.06. The summed E-state index contributed by atoms with van der Waals surface area (Å²) in [5.41, 5.74) is -0.312. The molecule has 5 heteroatoms. The number of aliphatic carboxylic acids is 2. The SMILES string of the molecule is O=C(O)C(=O)/C(=C\c1ccccc1)C(=O)O. The van der Waals surface area contributed by atoms with Crippen LogP contribution >= 0.6 is 0 Å². The number of Topliss-reactive ketones (excluding diaryl/α,β-unsaturated/α-hetero) is 1. The maximum atomic E-state index is 11.0. The van der Waals surface area contributed by atoms with Gasteiger partial charge in [-0.05, 0) is 11.6 Å². The highest BCUT2D eigenvalue weighted by molar-refractivity contribution is 6.47. The topological polar surface area (TPSA) is 91.7 Å². The number of ketones is 1. The summed E-state index contributed by atoms with van der Waals surface area (Å²) in [6.07, 6.45) is 1.03. The highest BCUT2D eigenvalue weighted by Gasteiger charge is 2.23. The molecule has 16 heavy (non-hydrogen) atoms. The van der Waals surface area contributed by atoms with Crippen molar-refractivity contribution < 1.29 is 24.6 Å². The Morgan fingerprint density at radius 2 is 1.50 bits per heavy atom. The van der Waals surface area contributed by atoms with Crippen LogP contribution < -0.4 is 0 Å². The average Bonchev–Trinajstić information content (AvgIpc) is 2.26. The average molecular weight is 220 g/mol. The number of benzene rings is 1. The lowest BCUT2D eigenvalue weighted by molar-refractivity contribution is -0.149. The van der Waals surface area contributed by atoms with Crippen molar-refractivity contribution in [2.24, 2.45) is 0 Å². The van der Waals surface area contributed by atoms with Crippen molar-refractivity contribution in [1.29, 1.82) is 0 Å². The Morgan fingerprint density at radius 1 is 0.938 bits per heavy atom. The van der Waals surface area contributed by atoms with Gasteiger partial charge in [-0.2, -0.15) is 0 Å². The van der Waals surface area contributed by atoms with E-state index in [0.717, 1.165) is 6.08 Å². The molecule has 0 fully saturated rings. The van der Waals surface area contributed by atoms with Crippen molar-refractivity contribution in [2.45, 2.75) is 0 Å². The first-order chi connectivity index (χ1) is 7.52. The molecule has 0 bridgehead atoms. The summed E-state index contributed by atoms with van der Waals surface area (Å²) in [4.78, 5) is 32.1. The molecule has 0 spiro atoms. The van der Waals surface area contributed by atoms with E-state index < -0.39 is 23.3 Å². The van der Waals surface area contributed by atoms with E-state index in [1.165, 1.54) is 0 Å². The van der Waals surface area contributed by atoms with E-state index in [0.29, 0.717) is 5.56 Å². The molecular weight excluding hydrogens is 212 g/mol. The first-order valence-corrected chi connectivity index (χ1v) is 4.30. The van der Waals surface area contributed by atoms with Gasteiger partial charge < -0.3 is 10.2 Å². The summed E-state index contributed by atoms with van der Waals surface area (Å²) < 4.78 is 0. The minimum absolute atomic E-state index is 0.453. The zero-order valence-corrected chi connectivity index (χ0v) is 8.08. The van der Waals surface area contributed by atoms with Crippen LogP contribution in [0.2, 0.25) is 0 Å². The van der Waals surface area contributed by atoms with Gasteiger partial charge in [-0.25, -0.2) is 9.59 Å². The zero-order chi connectivity index (χ0) is 12.1. The molecule has 0 aliphatic heterocycles. The van der Waals surface area contributed by atoms with Gasteiger partial charge in [0, 0.05) is 0 Å². The van der Waals surface area contributed by atoms with Crippen LogP contribution in [0.15, 0.2) is 35.9 Å². The summed E-state index contributed by atoms with van der Waals surface area (Å²) in [5.74, 6) is -4.78. The molecule has 0 aromatic heterocycles. The molecule has 1 aromatic carbocycles. The van der Waals surface area contributed by atoms with Gasteiger partial charge in [-0.1, -0.05) is 30.3 Å². The van der Waals surface area contributed by atoms with Crippen LogP contribution in [0, 0.1) is 0 Å². The molecular formula is C11H8O5. The molecule has 0 atom stereocenters. The van der Waals surface area contributed by atoms with Gasteiger partial charge in [-0.15, -0.1) is 0 Å². The highest BCUT2D eigenvalue weighted by Crippen LogP contribution is 2.08. The molecule has 0 radical (unpaired) electrons. The standard InChI is InChI=1S/C11H8O5/c12-9(11(15)16)8(10(13)14)6-7-4-2-1-3-5-7/h1-6H,(H,13,14)(H,15,16)/b8-6+. The zero-order valence-electron chi connectivity index (χ0n) is 8.08. The molecule has 1 rings (SSSR count). The lowest BCUT2D eigenvalue weighted by Gasteiger charge is -1.97. The summed E-state index contributed by atoms with van der Waals surface area (Å²) in [6, 6.07) is 8.15. The third kappa shape index (κ3) is 2.78. The minimum atomic E-state index is -1.79. The van der Waals surface area contributed by atoms with Crippen LogP contribution in [0.1, 0.15) is 5.56 Å². The third-order valence-corrected chi connectivity index (χ3v) is 1.78. The Bertz CT molecular complexity index is 459. The number of carboxylic acid groups (broad SMARTS) is 2. The third-order valence-electron chi connectivity index (χ3n) is 1.78. The van der Waals surface area contributed by atoms with Crippen LogP contribution in [-0.4, -0.2) is 27.9 Å². The summed E-state index contributed by atoms with van der Waals surface area (Å²) >= 11 is 0. The van der Waals surface area contributed by atoms with E-state index >= 15 is 0 Å². The Balaban J connectivity index is 3.14. The van der Waals surface area contributed by atoms with Gasteiger partial charge in [0.1, 0.15) is 5.57 Å². The number of carboxylic acids is 2. The monoisotopic (exact) mass is 220 g/mol. The van der Waals surface area contributed by atoms with E-state index in [4.69, 9.17) is 10.2 Å². The molecule has 0 aliphatic rings. The maximum absolute atomic E-state index is 11.0. The Kier molecular flexibility index (Phi) is 3.55. The molecule has 5 nitrogen and oxygen atoms in total. The van der Waals surface area contributed by atoms with Gasteiger partial charge in [-0.3, -0.25) is 4.79 Å². The predicted octanol–water partition coefficient (Wildman–Crippen LogP) is 0.808.